The van der Waals surface area contributed by atoms with Gasteiger partial charge in [-0.15, -0.1) is 0 Å². The highest BCUT2D eigenvalue weighted by atomic mass is 19.1. The molecule has 0 saturated carbocycles. The van der Waals surface area contributed by atoms with Crippen molar-refractivity contribution in [1.82, 2.24) is 15.0 Å². The number of aromatic nitrogens is 2. The molecule has 2 aromatic carbocycles. The predicted molar refractivity (Wildman–Crippen MR) is 123 cm³/mol. The number of carbonyl (C=O) groups excluding carboxylic acids is 1. The van der Waals surface area contributed by atoms with Crippen LogP contribution in [0.1, 0.15) is 17.9 Å². The van der Waals surface area contributed by atoms with Gasteiger partial charge in [0, 0.05) is 31.6 Å². The largest absolute Gasteiger partial charge is 0.477 e. The van der Waals surface area contributed by atoms with Gasteiger partial charge in [0.15, 0.2) is 6.10 Å². The first kappa shape index (κ1) is 22.3. The molecule has 178 valence electrons. The van der Waals surface area contributed by atoms with E-state index in [4.69, 9.17) is 14.0 Å². The number of anilines is 1. The average Bonchev–Trinajstić information content (AvgIpc) is 3.34. The number of carbonyl (C=O) groups is 1. The van der Waals surface area contributed by atoms with E-state index >= 15 is 0 Å². The van der Waals surface area contributed by atoms with E-state index in [0.29, 0.717) is 74.4 Å². The molecule has 1 atom stereocenters. The molecule has 3 aromatic rings. The molecule has 9 heteroatoms. The van der Waals surface area contributed by atoms with Crippen molar-refractivity contribution in [3.63, 3.8) is 0 Å². The fourth-order valence-electron chi connectivity index (χ4n) is 4.26. The maximum Gasteiger partial charge on any atom is 0.265 e. The molecular weight excluding hydrogens is 439 g/mol. The normalized spacial score (nSPS) is 17.9. The van der Waals surface area contributed by atoms with E-state index in [1.165, 1.54) is 6.07 Å². The lowest BCUT2D eigenvalue weighted by Crippen LogP contribution is -2.53. The van der Waals surface area contributed by atoms with Gasteiger partial charge in [0.2, 0.25) is 11.7 Å². The molecule has 1 saturated heterocycles. The number of fused-ring (bicyclic) bond motifs is 1. The van der Waals surface area contributed by atoms with Crippen LogP contribution >= 0.6 is 0 Å². The zero-order chi connectivity index (χ0) is 23.5. The molecule has 0 N–H and O–H groups in total. The Morgan fingerprint density at radius 2 is 2.00 bits per heavy atom. The number of nitrogens with zero attached hydrogens (tertiary/aromatic N) is 4. The van der Waals surface area contributed by atoms with Crippen LogP contribution in [0.5, 0.6) is 5.75 Å². The number of hydrogen-bond acceptors (Lipinski definition) is 7. The summed E-state index contributed by atoms with van der Waals surface area (Å²) in [6.07, 6.45) is 0.763. The van der Waals surface area contributed by atoms with Crippen LogP contribution in [0, 0.1) is 12.7 Å². The van der Waals surface area contributed by atoms with E-state index in [9.17, 15) is 9.18 Å². The summed E-state index contributed by atoms with van der Waals surface area (Å²) in [5.41, 5.74) is 2.13. The van der Waals surface area contributed by atoms with E-state index in [2.05, 4.69) is 15.0 Å². The lowest BCUT2D eigenvalue weighted by molar-refractivity contribution is -0.142. The first-order valence-corrected chi connectivity index (χ1v) is 11.5. The van der Waals surface area contributed by atoms with Crippen LogP contribution in [0.3, 0.4) is 0 Å². The molecule has 1 aromatic heterocycles. The van der Waals surface area contributed by atoms with E-state index in [1.807, 2.05) is 29.2 Å². The predicted octanol–water partition coefficient (Wildman–Crippen LogP) is 3.24. The maximum absolute atomic E-state index is 13.9. The molecule has 5 rings (SSSR count). The molecule has 34 heavy (non-hydrogen) atoms. The Morgan fingerprint density at radius 1 is 1.18 bits per heavy atom. The molecule has 0 bridgehead atoms. The molecule has 3 heterocycles. The van der Waals surface area contributed by atoms with Gasteiger partial charge in [0.05, 0.1) is 25.4 Å². The van der Waals surface area contributed by atoms with Gasteiger partial charge in [-0.3, -0.25) is 4.79 Å². The monoisotopic (exact) mass is 466 g/mol. The van der Waals surface area contributed by atoms with Crippen molar-refractivity contribution in [2.45, 2.75) is 25.9 Å². The molecule has 2 aliphatic heterocycles. The zero-order valence-corrected chi connectivity index (χ0v) is 19.1. The maximum atomic E-state index is 13.9. The van der Waals surface area contributed by atoms with Gasteiger partial charge in [0.1, 0.15) is 11.6 Å². The fourth-order valence-corrected chi connectivity index (χ4v) is 4.26. The second-order valence-corrected chi connectivity index (χ2v) is 8.54. The van der Waals surface area contributed by atoms with E-state index in [0.717, 1.165) is 12.1 Å². The van der Waals surface area contributed by atoms with Crippen LogP contribution in [0.15, 0.2) is 47.0 Å². The Bertz CT molecular complexity index is 1160. The molecule has 1 amide bonds. The molecule has 1 unspecified atom stereocenters. The lowest BCUT2D eigenvalue weighted by atomic mass is 10.1. The second kappa shape index (κ2) is 9.80. The number of aryl methyl sites for hydroxylation is 2. The zero-order valence-electron chi connectivity index (χ0n) is 19.1. The Hall–Kier alpha value is -3.46. The van der Waals surface area contributed by atoms with Crippen LogP contribution in [0.4, 0.5) is 10.1 Å². The summed E-state index contributed by atoms with van der Waals surface area (Å²) in [4.78, 5) is 21.5. The van der Waals surface area contributed by atoms with Gasteiger partial charge in [-0.2, -0.15) is 4.98 Å². The number of para-hydroxylation sites is 2. The number of ether oxygens (including phenoxy) is 2. The summed E-state index contributed by atoms with van der Waals surface area (Å²) in [5.74, 6) is 1.28. The van der Waals surface area contributed by atoms with Crippen molar-refractivity contribution >= 4 is 11.6 Å². The highest BCUT2D eigenvalue weighted by Crippen LogP contribution is 2.33. The molecule has 0 aliphatic carbocycles. The van der Waals surface area contributed by atoms with Crippen LogP contribution in [-0.4, -0.2) is 66.4 Å². The fraction of sp³-hybridized carbons (Fsp3) is 0.400. The van der Waals surface area contributed by atoms with Crippen LogP contribution in [0.25, 0.3) is 11.4 Å². The minimum absolute atomic E-state index is 0.00493. The molecule has 0 spiro atoms. The first-order chi connectivity index (χ1) is 16.6. The van der Waals surface area contributed by atoms with Gasteiger partial charge in [-0.1, -0.05) is 29.4 Å². The number of amides is 1. The van der Waals surface area contributed by atoms with Crippen molar-refractivity contribution in [3.8, 4) is 17.1 Å². The summed E-state index contributed by atoms with van der Waals surface area (Å²) in [5, 5.41) is 4.00. The van der Waals surface area contributed by atoms with Crippen LogP contribution in [-0.2, 0) is 16.0 Å². The van der Waals surface area contributed by atoms with Crippen molar-refractivity contribution in [2.24, 2.45) is 0 Å². The minimum atomic E-state index is -0.556. The number of rotatable bonds is 6. The third kappa shape index (κ3) is 4.75. The molecule has 2 aliphatic rings. The van der Waals surface area contributed by atoms with Gasteiger partial charge in [0.25, 0.3) is 5.91 Å². The van der Waals surface area contributed by atoms with Crippen molar-refractivity contribution in [2.75, 3.05) is 44.3 Å². The summed E-state index contributed by atoms with van der Waals surface area (Å²) >= 11 is 0. The van der Waals surface area contributed by atoms with Crippen LogP contribution in [0.2, 0.25) is 0 Å². The summed E-state index contributed by atoms with van der Waals surface area (Å²) in [6.45, 7) is 5.18. The number of halogens is 1. The van der Waals surface area contributed by atoms with Gasteiger partial charge in [-0.05, 0) is 37.1 Å². The molecule has 0 radical (unpaired) electrons. The third-order valence-electron chi connectivity index (χ3n) is 6.18. The van der Waals surface area contributed by atoms with Gasteiger partial charge in [-0.25, -0.2) is 4.39 Å². The minimum Gasteiger partial charge on any atom is -0.477 e. The topological polar surface area (TPSA) is 80.9 Å². The molecular formula is C25H27FN4O4. The van der Waals surface area contributed by atoms with Crippen LogP contribution < -0.4 is 9.64 Å². The second-order valence-electron chi connectivity index (χ2n) is 8.54. The highest BCUT2D eigenvalue weighted by molar-refractivity contribution is 5.83. The lowest BCUT2D eigenvalue weighted by Gasteiger charge is -2.38. The Labute approximate surface area is 197 Å². The highest BCUT2D eigenvalue weighted by Gasteiger charge is 2.33. The molecule has 1 fully saturated rings. The standard InChI is InChI=1S/C25H27FN4O4/c1-17-8-9-18(15-19(17)26)24-27-23(34-28-24)7-4-10-30-16-22(25(31)29-11-13-32-14-12-29)33-21-6-3-2-5-20(21)30/h2-3,5-6,8-9,15,22H,4,7,10-14,16H2,1H3. The Balaban J connectivity index is 1.23. The van der Waals surface area contributed by atoms with E-state index < -0.39 is 6.10 Å². The Morgan fingerprint density at radius 3 is 2.82 bits per heavy atom. The number of benzene rings is 2. The summed E-state index contributed by atoms with van der Waals surface area (Å²) in [7, 11) is 0. The summed E-state index contributed by atoms with van der Waals surface area (Å²) < 4.78 is 30.7. The average molecular weight is 467 g/mol. The van der Waals surface area contributed by atoms with Crippen molar-refractivity contribution in [3.05, 3.63) is 59.7 Å². The van der Waals surface area contributed by atoms with E-state index in [-0.39, 0.29) is 11.7 Å². The first-order valence-electron chi connectivity index (χ1n) is 11.5. The smallest absolute Gasteiger partial charge is 0.265 e. The van der Waals surface area contributed by atoms with Crippen molar-refractivity contribution < 1.29 is 23.2 Å². The molecule has 8 nitrogen and oxygen atoms in total. The van der Waals surface area contributed by atoms with E-state index in [1.54, 1.807) is 19.1 Å². The number of hydrogen-bond donors (Lipinski definition) is 0. The quantitative estimate of drug-likeness (QED) is 0.552. The van der Waals surface area contributed by atoms with Gasteiger partial charge >= 0.3 is 0 Å². The number of morpholine rings is 1. The third-order valence-corrected chi connectivity index (χ3v) is 6.18. The van der Waals surface area contributed by atoms with Gasteiger partial charge < -0.3 is 23.8 Å². The van der Waals surface area contributed by atoms with Crippen molar-refractivity contribution in [1.29, 1.82) is 0 Å². The summed E-state index contributed by atoms with van der Waals surface area (Å²) in [6, 6.07) is 12.7. The SMILES string of the molecule is Cc1ccc(-c2noc(CCCN3CC(C(=O)N4CCOCC4)Oc4ccccc43)n2)cc1F. The Kier molecular flexibility index (Phi) is 6.44.